The van der Waals surface area contributed by atoms with Crippen LogP contribution in [0.15, 0.2) is 17.0 Å². The third-order valence-corrected chi connectivity index (χ3v) is 4.01. The van der Waals surface area contributed by atoms with Gasteiger partial charge < -0.3 is 15.2 Å². The quantitative estimate of drug-likeness (QED) is 0.719. The minimum atomic E-state index is -4.17. The first-order chi connectivity index (χ1) is 9.66. The normalized spacial score (nSPS) is 11.0. The van der Waals surface area contributed by atoms with Crippen molar-refractivity contribution in [2.24, 2.45) is 5.14 Å². The van der Waals surface area contributed by atoms with Gasteiger partial charge in [-0.3, -0.25) is 0 Å². The highest BCUT2D eigenvalue weighted by molar-refractivity contribution is 7.89. The van der Waals surface area contributed by atoms with Crippen LogP contribution in [0.3, 0.4) is 0 Å². The summed E-state index contributed by atoms with van der Waals surface area (Å²) in [6.07, 6.45) is -0.565. The fourth-order valence-electron chi connectivity index (χ4n) is 1.54. The van der Waals surface area contributed by atoms with Gasteiger partial charge in [0.2, 0.25) is 10.0 Å². The number of nitrogens with one attached hydrogen (secondary N) is 1. The first-order valence-corrected chi connectivity index (χ1v) is 7.49. The van der Waals surface area contributed by atoms with E-state index in [9.17, 15) is 18.0 Å². The Morgan fingerprint density at radius 3 is 2.52 bits per heavy atom. The van der Waals surface area contributed by atoms with Gasteiger partial charge in [0.15, 0.2) is 0 Å². The number of methoxy groups -OCH3 is 1. The van der Waals surface area contributed by atoms with Gasteiger partial charge in [0.25, 0.3) is 0 Å². The Kier molecular flexibility index (Phi) is 5.53. The zero-order valence-electron chi connectivity index (χ0n) is 10.9. The fourth-order valence-corrected chi connectivity index (χ4v) is 2.74. The molecule has 0 heterocycles. The second-order valence-corrected chi connectivity index (χ2v) is 5.87. The summed E-state index contributed by atoms with van der Waals surface area (Å²) >= 11 is 5.92. The van der Waals surface area contributed by atoms with E-state index in [2.05, 4.69) is 10.1 Å². The van der Waals surface area contributed by atoms with E-state index in [-0.39, 0.29) is 29.1 Å². The van der Waals surface area contributed by atoms with E-state index in [1.807, 2.05) is 0 Å². The van der Waals surface area contributed by atoms with Gasteiger partial charge in [-0.15, -0.1) is 0 Å². The van der Waals surface area contributed by atoms with Crippen molar-refractivity contribution in [2.45, 2.75) is 11.3 Å². The van der Waals surface area contributed by atoms with E-state index in [0.29, 0.717) is 0 Å². The van der Waals surface area contributed by atoms with Crippen molar-refractivity contribution in [3.63, 3.8) is 0 Å². The molecule has 0 spiro atoms. The number of amides is 1. The van der Waals surface area contributed by atoms with Crippen molar-refractivity contribution >= 4 is 33.7 Å². The summed E-state index contributed by atoms with van der Waals surface area (Å²) in [6.45, 7) is 0.0829. The second kappa shape index (κ2) is 6.74. The minimum absolute atomic E-state index is 0.0829. The molecule has 8 nitrogen and oxygen atoms in total. The van der Waals surface area contributed by atoms with Gasteiger partial charge in [0.1, 0.15) is 4.90 Å². The lowest BCUT2D eigenvalue weighted by atomic mass is 10.1. The van der Waals surface area contributed by atoms with Crippen molar-refractivity contribution in [1.82, 2.24) is 5.32 Å². The maximum absolute atomic E-state index is 11.4. The predicted octanol–water partition coefficient (Wildman–Crippen LogP) is 0.584. The topological polar surface area (TPSA) is 136 Å². The number of nitrogens with two attached hydrogens (primary N) is 1. The maximum Gasteiger partial charge on any atom is 0.406 e. The van der Waals surface area contributed by atoms with Crippen LogP contribution in [0.4, 0.5) is 4.79 Å². The Balaban J connectivity index is 3.16. The lowest BCUT2D eigenvalue weighted by molar-refractivity contribution is 0.0696. The summed E-state index contributed by atoms with van der Waals surface area (Å²) < 4.78 is 27.2. The number of carboxylic acid groups (broad SMARTS) is 1. The molecule has 0 saturated carbocycles. The number of hydrogen-bond acceptors (Lipinski definition) is 5. The summed E-state index contributed by atoms with van der Waals surface area (Å²) in [5, 5.41) is 16.2. The van der Waals surface area contributed by atoms with Crippen LogP contribution in [0.25, 0.3) is 0 Å². The predicted molar refractivity (Wildman–Crippen MR) is 73.9 cm³/mol. The molecule has 10 heteroatoms. The Hall–Kier alpha value is -1.84. The Bertz CT molecular complexity index is 674. The summed E-state index contributed by atoms with van der Waals surface area (Å²) in [5.74, 6) is -1.32. The molecule has 1 rings (SSSR count). The number of primary sulfonamides is 1. The van der Waals surface area contributed by atoms with Gasteiger partial charge in [-0.25, -0.2) is 23.1 Å². The van der Waals surface area contributed by atoms with E-state index < -0.39 is 27.0 Å². The standard InChI is InChI=1S/C11H13ClN2O6S/c1-20-11(17)14-3-2-6-4-7(10(15)16)5-8(9(6)12)21(13,18)19/h4-5H,2-3H2,1H3,(H,14,17)(H,15,16)(H2,13,18,19). The number of rotatable bonds is 5. The van der Waals surface area contributed by atoms with E-state index in [0.717, 1.165) is 6.07 Å². The number of halogens is 1. The fraction of sp³-hybridized carbons (Fsp3) is 0.273. The number of hydrogen-bond donors (Lipinski definition) is 3. The number of benzene rings is 1. The highest BCUT2D eigenvalue weighted by Crippen LogP contribution is 2.27. The molecule has 0 fully saturated rings. The van der Waals surface area contributed by atoms with Gasteiger partial charge >= 0.3 is 12.1 Å². The molecule has 0 aromatic heterocycles. The lowest BCUT2D eigenvalue weighted by Crippen LogP contribution is -2.25. The number of sulfonamides is 1. The number of carbonyl (C=O) groups excluding carboxylic acids is 1. The first-order valence-electron chi connectivity index (χ1n) is 5.57. The van der Waals surface area contributed by atoms with E-state index in [4.69, 9.17) is 21.8 Å². The zero-order chi connectivity index (χ0) is 16.2. The number of carbonyl (C=O) groups is 2. The molecule has 1 amide bonds. The minimum Gasteiger partial charge on any atom is -0.478 e. The van der Waals surface area contributed by atoms with E-state index in [1.165, 1.54) is 13.2 Å². The average Bonchev–Trinajstić information content (AvgIpc) is 2.38. The third-order valence-electron chi connectivity index (χ3n) is 2.52. The summed E-state index contributed by atoms with van der Waals surface area (Å²) in [7, 11) is -2.98. The number of ether oxygens (including phenoxy) is 1. The number of carboxylic acids is 1. The van der Waals surface area contributed by atoms with E-state index >= 15 is 0 Å². The van der Waals surface area contributed by atoms with Crippen LogP contribution in [0.5, 0.6) is 0 Å². The second-order valence-electron chi connectivity index (χ2n) is 3.97. The molecule has 21 heavy (non-hydrogen) atoms. The zero-order valence-corrected chi connectivity index (χ0v) is 12.5. The molecule has 0 atom stereocenters. The molecule has 0 radical (unpaired) electrons. The van der Waals surface area contributed by atoms with Crippen molar-refractivity contribution in [3.05, 3.63) is 28.3 Å². The molecule has 0 aliphatic heterocycles. The summed E-state index contributed by atoms with van der Waals surface area (Å²) in [6, 6.07) is 2.11. The van der Waals surface area contributed by atoms with Crippen LogP contribution in [-0.2, 0) is 21.2 Å². The lowest BCUT2D eigenvalue weighted by Gasteiger charge is -2.10. The van der Waals surface area contributed by atoms with Gasteiger partial charge in [0, 0.05) is 6.54 Å². The Morgan fingerprint density at radius 2 is 2.05 bits per heavy atom. The van der Waals surface area contributed by atoms with Gasteiger partial charge in [-0.2, -0.15) is 0 Å². The molecule has 1 aromatic rings. The Labute approximate surface area is 125 Å². The molecule has 0 bridgehead atoms. The monoisotopic (exact) mass is 336 g/mol. The SMILES string of the molecule is COC(=O)NCCc1cc(C(=O)O)cc(S(N)(=O)=O)c1Cl. The van der Waals surface area contributed by atoms with Crippen LogP contribution in [0.1, 0.15) is 15.9 Å². The van der Waals surface area contributed by atoms with Crippen LogP contribution in [0.2, 0.25) is 5.02 Å². The van der Waals surface area contributed by atoms with E-state index in [1.54, 1.807) is 0 Å². The van der Waals surface area contributed by atoms with Crippen molar-refractivity contribution in [1.29, 1.82) is 0 Å². The van der Waals surface area contributed by atoms with Crippen LogP contribution in [0, 0.1) is 0 Å². The third kappa shape index (κ3) is 4.59. The number of aromatic carboxylic acids is 1. The highest BCUT2D eigenvalue weighted by atomic mass is 35.5. The maximum atomic E-state index is 11.4. The molecule has 0 aliphatic rings. The molecular formula is C11H13ClN2O6S. The molecule has 116 valence electrons. The Morgan fingerprint density at radius 1 is 1.43 bits per heavy atom. The van der Waals surface area contributed by atoms with Gasteiger partial charge in [-0.1, -0.05) is 11.6 Å². The summed E-state index contributed by atoms with van der Waals surface area (Å²) in [4.78, 5) is 21.4. The molecule has 0 saturated heterocycles. The molecule has 0 aliphatic carbocycles. The van der Waals surface area contributed by atoms with Crippen LogP contribution < -0.4 is 10.5 Å². The molecule has 1 aromatic carbocycles. The van der Waals surface area contributed by atoms with Crippen molar-refractivity contribution in [2.75, 3.05) is 13.7 Å². The van der Waals surface area contributed by atoms with Crippen molar-refractivity contribution in [3.8, 4) is 0 Å². The van der Waals surface area contributed by atoms with Gasteiger partial charge in [-0.05, 0) is 24.1 Å². The molecule has 4 N–H and O–H groups in total. The molecule has 0 unspecified atom stereocenters. The largest absolute Gasteiger partial charge is 0.478 e. The highest BCUT2D eigenvalue weighted by Gasteiger charge is 2.20. The van der Waals surface area contributed by atoms with Gasteiger partial charge in [0.05, 0.1) is 17.7 Å². The van der Waals surface area contributed by atoms with Crippen LogP contribution >= 0.6 is 11.6 Å². The van der Waals surface area contributed by atoms with Crippen LogP contribution in [-0.4, -0.2) is 39.2 Å². The summed E-state index contributed by atoms with van der Waals surface area (Å²) in [5.41, 5.74) is -0.0338. The average molecular weight is 337 g/mol. The number of alkyl carbamates (subject to hydrolysis) is 1. The smallest absolute Gasteiger partial charge is 0.406 e. The first kappa shape index (κ1) is 17.2. The van der Waals surface area contributed by atoms with Crippen molar-refractivity contribution < 1.29 is 27.9 Å². The molecular weight excluding hydrogens is 324 g/mol.